The summed E-state index contributed by atoms with van der Waals surface area (Å²) in [5.41, 5.74) is -0.0169. The molecular weight excluding hydrogens is 224 g/mol. The monoisotopic (exact) mass is 258 g/mol. The molecule has 0 bridgehead atoms. The van der Waals surface area contributed by atoms with Crippen molar-refractivity contribution in [3.8, 4) is 0 Å². The molecule has 110 valence electrons. The first kappa shape index (κ1) is 17.9. The number of rotatable bonds is 13. The van der Waals surface area contributed by atoms with Crippen LogP contribution in [0.15, 0.2) is 0 Å². The zero-order valence-electron chi connectivity index (χ0n) is 12.6. The highest BCUT2D eigenvalue weighted by molar-refractivity contribution is 4.76. The van der Waals surface area contributed by atoms with Gasteiger partial charge in [-0.1, -0.05) is 65.2 Å². The molecule has 2 N–H and O–H groups in total. The van der Waals surface area contributed by atoms with Crippen LogP contribution in [0.2, 0.25) is 0 Å². The minimum Gasteiger partial charge on any atom is -0.396 e. The van der Waals surface area contributed by atoms with E-state index in [0.717, 1.165) is 19.3 Å². The van der Waals surface area contributed by atoms with Crippen molar-refractivity contribution in [2.45, 2.75) is 84.5 Å². The Bertz CT molecular complexity index is 164. The fraction of sp³-hybridized carbons (Fsp3) is 1.00. The zero-order valence-corrected chi connectivity index (χ0v) is 12.6. The van der Waals surface area contributed by atoms with Crippen LogP contribution in [0.5, 0.6) is 0 Å². The third-order valence-corrected chi connectivity index (χ3v) is 4.29. The summed E-state index contributed by atoms with van der Waals surface area (Å²) in [7, 11) is 0. The Morgan fingerprint density at radius 1 is 0.722 bits per heavy atom. The Morgan fingerprint density at radius 2 is 1.28 bits per heavy atom. The molecule has 0 aromatic rings. The molecule has 2 heteroatoms. The molecule has 0 aliphatic carbocycles. The molecule has 0 saturated carbocycles. The Morgan fingerprint density at radius 3 is 1.72 bits per heavy atom. The molecule has 2 nitrogen and oxygen atoms in total. The van der Waals surface area contributed by atoms with Crippen molar-refractivity contribution >= 4 is 0 Å². The Balaban J connectivity index is 3.55. The van der Waals surface area contributed by atoms with Crippen LogP contribution in [0.3, 0.4) is 0 Å². The maximum absolute atomic E-state index is 9.50. The minimum absolute atomic E-state index is 0.0169. The van der Waals surface area contributed by atoms with Crippen molar-refractivity contribution in [2.24, 2.45) is 5.41 Å². The number of unbranched alkanes of at least 4 members (excludes halogenated alkanes) is 7. The van der Waals surface area contributed by atoms with Gasteiger partial charge in [-0.25, -0.2) is 0 Å². The smallest absolute Gasteiger partial charge is 0.0488 e. The standard InChI is InChI=1S/C16H34O2/c1-3-5-6-7-8-9-10-11-12-16(4-2,15-18)13-14-17/h17-18H,3-15H2,1-2H3. The van der Waals surface area contributed by atoms with E-state index < -0.39 is 0 Å². The highest BCUT2D eigenvalue weighted by Crippen LogP contribution is 2.32. The summed E-state index contributed by atoms with van der Waals surface area (Å²) in [5, 5.41) is 18.6. The highest BCUT2D eigenvalue weighted by Gasteiger charge is 2.25. The van der Waals surface area contributed by atoms with Gasteiger partial charge in [0.2, 0.25) is 0 Å². The lowest BCUT2D eigenvalue weighted by atomic mass is 9.78. The van der Waals surface area contributed by atoms with E-state index in [4.69, 9.17) is 5.11 Å². The maximum Gasteiger partial charge on any atom is 0.0488 e. The first-order valence-electron chi connectivity index (χ1n) is 7.96. The lowest BCUT2D eigenvalue weighted by molar-refractivity contribution is 0.0753. The van der Waals surface area contributed by atoms with E-state index in [9.17, 15) is 5.11 Å². The van der Waals surface area contributed by atoms with Gasteiger partial charge in [0.05, 0.1) is 0 Å². The summed E-state index contributed by atoms with van der Waals surface area (Å²) in [6, 6.07) is 0. The predicted molar refractivity (Wildman–Crippen MR) is 78.7 cm³/mol. The van der Waals surface area contributed by atoms with Gasteiger partial charge in [0.15, 0.2) is 0 Å². The van der Waals surface area contributed by atoms with Crippen LogP contribution >= 0.6 is 0 Å². The summed E-state index contributed by atoms with van der Waals surface area (Å²) < 4.78 is 0. The Kier molecular flexibility index (Phi) is 11.9. The SMILES string of the molecule is CCCCCCCCCCC(CC)(CO)CCO. The molecule has 0 spiro atoms. The van der Waals surface area contributed by atoms with Crippen LogP contribution in [-0.2, 0) is 0 Å². The number of hydrogen-bond donors (Lipinski definition) is 2. The van der Waals surface area contributed by atoms with Crippen LogP contribution < -0.4 is 0 Å². The number of hydrogen-bond acceptors (Lipinski definition) is 2. The van der Waals surface area contributed by atoms with E-state index in [2.05, 4.69) is 13.8 Å². The van der Waals surface area contributed by atoms with Crippen molar-refractivity contribution in [1.82, 2.24) is 0 Å². The van der Waals surface area contributed by atoms with Gasteiger partial charge in [-0.2, -0.15) is 0 Å². The van der Waals surface area contributed by atoms with E-state index in [1.165, 1.54) is 51.4 Å². The molecule has 0 fully saturated rings. The van der Waals surface area contributed by atoms with E-state index >= 15 is 0 Å². The van der Waals surface area contributed by atoms with E-state index in [0.29, 0.717) is 0 Å². The summed E-state index contributed by atoms with van der Waals surface area (Å²) in [6.07, 6.45) is 13.4. The molecule has 0 aliphatic heterocycles. The van der Waals surface area contributed by atoms with E-state index in [1.807, 2.05) is 0 Å². The molecule has 18 heavy (non-hydrogen) atoms. The molecule has 1 unspecified atom stereocenters. The van der Waals surface area contributed by atoms with Crippen LogP contribution in [-0.4, -0.2) is 23.4 Å². The molecular formula is C16H34O2. The molecule has 0 radical (unpaired) electrons. The minimum atomic E-state index is -0.0169. The topological polar surface area (TPSA) is 40.5 Å². The van der Waals surface area contributed by atoms with Crippen molar-refractivity contribution in [1.29, 1.82) is 0 Å². The van der Waals surface area contributed by atoms with Crippen molar-refractivity contribution in [2.75, 3.05) is 13.2 Å². The number of aliphatic hydroxyl groups excluding tert-OH is 2. The lowest BCUT2D eigenvalue weighted by Crippen LogP contribution is -2.26. The third kappa shape index (κ3) is 8.10. The van der Waals surface area contributed by atoms with Gasteiger partial charge >= 0.3 is 0 Å². The quantitative estimate of drug-likeness (QED) is 0.484. The first-order chi connectivity index (χ1) is 8.74. The van der Waals surface area contributed by atoms with E-state index in [-0.39, 0.29) is 18.6 Å². The second-order valence-electron chi connectivity index (χ2n) is 5.71. The lowest BCUT2D eigenvalue weighted by Gasteiger charge is -2.30. The van der Waals surface area contributed by atoms with Gasteiger partial charge in [-0.05, 0) is 24.7 Å². The highest BCUT2D eigenvalue weighted by atomic mass is 16.3. The van der Waals surface area contributed by atoms with Crippen molar-refractivity contribution < 1.29 is 10.2 Å². The molecule has 1 atom stereocenters. The van der Waals surface area contributed by atoms with Gasteiger partial charge in [-0.3, -0.25) is 0 Å². The van der Waals surface area contributed by atoms with Crippen LogP contribution in [0.4, 0.5) is 0 Å². The zero-order chi connectivity index (χ0) is 13.7. The van der Waals surface area contributed by atoms with E-state index in [1.54, 1.807) is 0 Å². The van der Waals surface area contributed by atoms with Gasteiger partial charge in [0, 0.05) is 13.2 Å². The van der Waals surface area contributed by atoms with Gasteiger partial charge in [0.25, 0.3) is 0 Å². The molecule has 0 amide bonds. The normalized spacial score (nSPS) is 14.7. The Labute approximate surface area is 114 Å². The van der Waals surface area contributed by atoms with Gasteiger partial charge < -0.3 is 10.2 Å². The maximum atomic E-state index is 9.50. The van der Waals surface area contributed by atoms with Crippen LogP contribution in [0, 0.1) is 5.41 Å². The van der Waals surface area contributed by atoms with Crippen LogP contribution in [0.25, 0.3) is 0 Å². The van der Waals surface area contributed by atoms with Gasteiger partial charge in [-0.15, -0.1) is 0 Å². The average molecular weight is 258 g/mol. The Hall–Kier alpha value is -0.0800. The van der Waals surface area contributed by atoms with Crippen LogP contribution in [0.1, 0.15) is 84.5 Å². The summed E-state index contributed by atoms with van der Waals surface area (Å²) in [4.78, 5) is 0. The number of aliphatic hydroxyl groups is 2. The second-order valence-corrected chi connectivity index (χ2v) is 5.71. The first-order valence-corrected chi connectivity index (χ1v) is 7.96. The summed E-state index contributed by atoms with van der Waals surface area (Å²) >= 11 is 0. The fourth-order valence-electron chi connectivity index (χ4n) is 2.62. The molecule has 0 rings (SSSR count). The predicted octanol–water partition coefficient (Wildman–Crippen LogP) is 4.29. The second kappa shape index (κ2) is 12.0. The molecule has 0 heterocycles. The summed E-state index contributed by atoms with van der Waals surface area (Å²) in [6.45, 7) is 4.79. The molecule has 0 aromatic carbocycles. The van der Waals surface area contributed by atoms with Crippen molar-refractivity contribution in [3.63, 3.8) is 0 Å². The van der Waals surface area contributed by atoms with Crippen molar-refractivity contribution in [3.05, 3.63) is 0 Å². The third-order valence-electron chi connectivity index (χ3n) is 4.29. The largest absolute Gasteiger partial charge is 0.396 e. The van der Waals surface area contributed by atoms with Gasteiger partial charge in [0.1, 0.15) is 0 Å². The molecule has 0 aliphatic rings. The fourth-order valence-corrected chi connectivity index (χ4v) is 2.62. The average Bonchev–Trinajstić information content (AvgIpc) is 2.40. The molecule has 0 aromatic heterocycles. The summed E-state index contributed by atoms with van der Waals surface area (Å²) in [5.74, 6) is 0. The molecule has 0 saturated heterocycles.